The van der Waals surface area contributed by atoms with E-state index in [2.05, 4.69) is 22.6 Å². The molecule has 17 heavy (non-hydrogen) atoms. The summed E-state index contributed by atoms with van der Waals surface area (Å²) in [7, 11) is 1.55. The van der Waals surface area contributed by atoms with Gasteiger partial charge in [0.2, 0.25) is 0 Å². The quantitative estimate of drug-likeness (QED) is 0.424. The molecule has 0 amide bonds. The number of hydrogen-bond donors (Lipinski definition) is 1. The maximum Gasteiger partial charge on any atom is 0.384 e. The first-order valence-electron chi connectivity index (χ1n) is 4.99. The fourth-order valence-corrected chi connectivity index (χ4v) is 1.29. The predicted octanol–water partition coefficient (Wildman–Crippen LogP) is 1.21. The largest absolute Gasteiger partial charge is 0.531 e. The Kier molecular flexibility index (Phi) is 8.78. The number of carbonyl (C=O) groups excluding carboxylic acids is 1. The van der Waals surface area contributed by atoms with Crippen molar-refractivity contribution >= 4 is 41.4 Å². The van der Waals surface area contributed by atoms with Gasteiger partial charge in [-0.05, 0) is 18.0 Å². The molecule has 0 saturated carbocycles. The first kappa shape index (κ1) is 16.2. The van der Waals surface area contributed by atoms with Crippen LogP contribution in [0.1, 0.15) is 0 Å². The summed E-state index contributed by atoms with van der Waals surface area (Å²) in [4.78, 5) is 23.1. The molecule has 5 nitrogen and oxygen atoms in total. The van der Waals surface area contributed by atoms with Gasteiger partial charge in [-0.1, -0.05) is 40.7 Å². The molecule has 0 unspecified atom stereocenters. The third-order valence-corrected chi connectivity index (χ3v) is 2.10. The molecular formula is C10H15BINO4. The summed E-state index contributed by atoms with van der Waals surface area (Å²) in [5.74, 6) is 0.328. The molecule has 1 N–H and O–H groups in total. The topological polar surface area (TPSA) is 66.8 Å². The van der Waals surface area contributed by atoms with E-state index in [1.807, 2.05) is 10.2 Å². The van der Waals surface area contributed by atoms with Crippen LogP contribution in [0, 0.1) is 0 Å². The van der Waals surface area contributed by atoms with E-state index < -0.39 is 11.9 Å². The minimum Gasteiger partial charge on any atom is -0.531 e. The van der Waals surface area contributed by atoms with E-state index in [1.54, 1.807) is 25.9 Å². The number of hydrogen-bond acceptors (Lipinski definition) is 4. The molecule has 0 spiro atoms. The molecule has 0 bridgehead atoms. The maximum absolute atomic E-state index is 11.4. The highest BCUT2D eigenvalue weighted by atomic mass is 127. The van der Waals surface area contributed by atoms with Gasteiger partial charge in [0.05, 0.1) is 13.1 Å². The van der Waals surface area contributed by atoms with Crippen LogP contribution in [0.2, 0.25) is 6.82 Å². The van der Waals surface area contributed by atoms with Crippen LogP contribution in [0.15, 0.2) is 22.2 Å². The van der Waals surface area contributed by atoms with Crippen LogP contribution < -0.4 is 0 Å². The Hall–Kier alpha value is -0.825. The minimum atomic E-state index is -0.972. The van der Waals surface area contributed by atoms with Crippen molar-refractivity contribution in [1.82, 2.24) is 4.90 Å². The van der Waals surface area contributed by atoms with Gasteiger partial charge in [-0.15, -0.1) is 0 Å². The fourth-order valence-electron chi connectivity index (χ4n) is 1.05. The van der Waals surface area contributed by atoms with Crippen molar-refractivity contribution in [1.29, 1.82) is 0 Å². The van der Waals surface area contributed by atoms with E-state index in [4.69, 9.17) is 9.76 Å². The number of halogens is 1. The van der Waals surface area contributed by atoms with E-state index in [9.17, 15) is 9.59 Å². The van der Waals surface area contributed by atoms with Gasteiger partial charge in [-0.3, -0.25) is 14.5 Å². The van der Waals surface area contributed by atoms with E-state index in [1.165, 1.54) is 4.90 Å². The molecule has 0 radical (unpaired) electrons. The van der Waals surface area contributed by atoms with Crippen LogP contribution in [-0.2, 0) is 14.2 Å². The van der Waals surface area contributed by atoms with Crippen LogP contribution in [-0.4, -0.2) is 49.0 Å². The Balaban J connectivity index is 3.96. The molecule has 0 fully saturated rings. The summed E-state index contributed by atoms with van der Waals surface area (Å²) in [6.07, 6.45) is 3.60. The first-order chi connectivity index (χ1) is 7.95. The second-order valence-electron chi connectivity index (χ2n) is 3.46. The molecular weight excluding hydrogens is 336 g/mol. The summed E-state index contributed by atoms with van der Waals surface area (Å²) in [6, 6.07) is 0. The average Bonchev–Trinajstić information content (AvgIpc) is 2.15. The van der Waals surface area contributed by atoms with Gasteiger partial charge in [0.25, 0.3) is 0 Å². The van der Waals surface area contributed by atoms with Crippen LogP contribution >= 0.6 is 22.6 Å². The minimum absolute atomic E-state index is 0.0351. The number of carboxylic acid groups (broad SMARTS) is 1. The smallest absolute Gasteiger partial charge is 0.384 e. The van der Waals surface area contributed by atoms with E-state index >= 15 is 0 Å². The molecule has 0 aliphatic carbocycles. The SMILES string of the molecule is CB(/C=C/C=C\I)OC(=O)CN(C)CC(=O)O. The standard InChI is InChI=1S/C10H15BINO4/c1-11(5-3-4-6-12)17-10(16)8-13(2)7-9(14)15/h3-6H,7-8H2,1-2H3,(H,14,15)/b5-3+,6-4-. The molecule has 0 aromatic rings. The third kappa shape index (κ3) is 10.1. The summed E-state index contributed by atoms with van der Waals surface area (Å²) in [6.45, 7) is 1.20. The summed E-state index contributed by atoms with van der Waals surface area (Å²) < 4.78 is 6.89. The van der Waals surface area contributed by atoms with Crippen molar-refractivity contribution in [3.63, 3.8) is 0 Å². The first-order valence-corrected chi connectivity index (χ1v) is 6.23. The monoisotopic (exact) mass is 351 g/mol. The molecule has 0 heterocycles. The zero-order valence-corrected chi connectivity index (χ0v) is 12.0. The second kappa shape index (κ2) is 9.23. The van der Waals surface area contributed by atoms with Gasteiger partial charge in [-0.2, -0.15) is 0 Å². The molecule has 7 heteroatoms. The highest BCUT2D eigenvalue weighted by Crippen LogP contribution is 1.94. The summed E-state index contributed by atoms with van der Waals surface area (Å²) in [5, 5.41) is 8.51. The molecule has 0 rings (SSSR count). The predicted molar refractivity (Wildman–Crippen MR) is 75.1 cm³/mol. The number of likely N-dealkylation sites (N-methyl/N-ethyl adjacent to an activating group) is 1. The molecule has 0 atom stereocenters. The van der Waals surface area contributed by atoms with Gasteiger partial charge in [0.15, 0.2) is 0 Å². The number of allylic oxidation sites excluding steroid dienone is 2. The van der Waals surface area contributed by atoms with Crippen molar-refractivity contribution in [2.45, 2.75) is 6.82 Å². The van der Waals surface area contributed by atoms with Crippen molar-refractivity contribution < 1.29 is 19.3 Å². The van der Waals surface area contributed by atoms with Crippen molar-refractivity contribution in [2.75, 3.05) is 20.1 Å². The van der Waals surface area contributed by atoms with Gasteiger partial charge < -0.3 is 9.76 Å². The Labute approximate surface area is 115 Å². The summed E-state index contributed by atoms with van der Waals surface area (Å²) in [5.41, 5.74) is 0. The number of rotatable bonds is 7. The van der Waals surface area contributed by atoms with E-state index in [-0.39, 0.29) is 20.0 Å². The molecule has 0 aromatic carbocycles. The van der Waals surface area contributed by atoms with Gasteiger partial charge in [-0.25, -0.2) is 0 Å². The van der Waals surface area contributed by atoms with E-state index in [0.717, 1.165) is 0 Å². The second-order valence-corrected chi connectivity index (χ2v) is 4.18. The number of aliphatic carboxylic acids is 1. The van der Waals surface area contributed by atoms with Crippen molar-refractivity contribution in [2.24, 2.45) is 0 Å². The maximum atomic E-state index is 11.4. The van der Waals surface area contributed by atoms with Crippen LogP contribution in [0.5, 0.6) is 0 Å². The van der Waals surface area contributed by atoms with Crippen LogP contribution in [0.25, 0.3) is 0 Å². The van der Waals surface area contributed by atoms with Crippen molar-refractivity contribution in [3.05, 3.63) is 22.2 Å². The van der Waals surface area contributed by atoms with Gasteiger partial charge >= 0.3 is 18.9 Å². The lowest BCUT2D eigenvalue weighted by atomic mass is 9.71. The van der Waals surface area contributed by atoms with Crippen molar-refractivity contribution in [3.8, 4) is 0 Å². The Morgan fingerprint density at radius 2 is 2.06 bits per heavy atom. The normalized spacial score (nSPS) is 11.3. The highest BCUT2D eigenvalue weighted by Gasteiger charge is 2.14. The number of carbonyl (C=O) groups is 2. The zero-order chi connectivity index (χ0) is 13.3. The van der Waals surface area contributed by atoms with E-state index in [0.29, 0.717) is 0 Å². The lowest BCUT2D eigenvalue weighted by Gasteiger charge is -2.14. The third-order valence-electron chi connectivity index (χ3n) is 1.69. The Morgan fingerprint density at radius 3 is 2.59 bits per heavy atom. The Morgan fingerprint density at radius 1 is 1.41 bits per heavy atom. The zero-order valence-electron chi connectivity index (χ0n) is 9.80. The van der Waals surface area contributed by atoms with Crippen LogP contribution in [0.4, 0.5) is 0 Å². The molecule has 0 aromatic heterocycles. The van der Waals surface area contributed by atoms with Gasteiger partial charge in [0, 0.05) is 0 Å². The molecule has 0 aliphatic heterocycles. The molecule has 94 valence electrons. The average molecular weight is 351 g/mol. The molecule has 0 saturated heterocycles. The number of carboxylic acids is 1. The van der Waals surface area contributed by atoms with Gasteiger partial charge in [0.1, 0.15) is 0 Å². The Bertz CT molecular complexity index is 319. The summed E-state index contributed by atoms with van der Waals surface area (Å²) >= 11 is 2.08. The fraction of sp³-hybridized carbons (Fsp3) is 0.400. The lowest BCUT2D eigenvalue weighted by molar-refractivity contribution is -0.140. The van der Waals surface area contributed by atoms with Crippen LogP contribution in [0.3, 0.4) is 0 Å². The lowest BCUT2D eigenvalue weighted by Crippen LogP contribution is -2.33. The number of nitrogens with zero attached hydrogens (tertiary/aromatic N) is 1. The molecule has 0 aliphatic rings. The highest BCUT2D eigenvalue weighted by molar-refractivity contribution is 14.1.